The van der Waals surface area contributed by atoms with Crippen LogP contribution in [0.5, 0.6) is 0 Å². The number of anilines is 1. The summed E-state index contributed by atoms with van der Waals surface area (Å²) in [6.07, 6.45) is 2.03. The molecule has 0 aromatic heterocycles. The third kappa shape index (κ3) is 2.84. The smallest absolute Gasteiger partial charge is 0.240 e. The van der Waals surface area contributed by atoms with Gasteiger partial charge in [-0.15, -0.1) is 11.8 Å². The van der Waals surface area contributed by atoms with Crippen molar-refractivity contribution in [2.24, 2.45) is 5.73 Å². The van der Waals surface area contributed by atoms with Gasteiger partial charge in [0.25, 0.3) is 0 Å². The van der Waals surface area contributed by atoms with E-state index in [1.165, 1.54) is 0 Å². The first-order chi connectivity index (χ1) is 8.51. The molecule has 1 saturated heterocycles. The molecule has 1 unspecified atom stereocenters. The van der Waals surface area contributed by atoms with Crippen LogP contribution in [0.15, 0.2) is 24.3 Å². The van der Waals surface area contributed by atoms with Gasteiger partial charge in [-0.2, -0.15) is 0 Å². The molecule has 1 aromatic rings. The van der Waals surface area contributed by atoms with Gasteiger partial charge in [-0.1, -0.05) is 24.4 Å². The lowest BCUT2D eigenvalue weighted by molar-refractivity contribution is -0.118. The molecule has 5 heteroatoms. The molecule has 0 aliphatic carbocycles. The predicted octanol–water partition coefficient (Wildman–Crippen LogP) is 2.55. The Morgan fingerprint density at radius 3 is 2.94 bits per heavy atom. The molecule has 1 heterocycles. The summed E-state index contributed by atoms with van der Waals surface area (Å²) in [5.41, 5.74) is 7.10. The van der Waals surface area contributed by atoms with Gasteiger partial charge in [-0.25, -0.2) is 0 Å². The maximum absolute atomic E-state index is 12.2. The summed E-state index contributed by atoms with van der Waals surface area (Å²) >= 11 is 6.65. The Labute approximate surface area is 117 Å². The Hall–Kier alpha value is -1.07. The van der Waals surface area contributed by atoms with Crippen molar-refractivity contribution in [3.05, 3.63) is 29.8 Å². The van der Waals surface area contributed by atoms with Gasteiger partial charge in [0, 0.05) is 11.3 Å². The molecule has 1 aliphatic heterocycles. The lowest BCUT2D eigenvalue weighted by atomic mass is 10.0. The second-order valence-electron chi connectivity index (χ2n) is 4.58. The fourth-order valence-electron chi connectivity index (χ4n) is 1.97. The van der Waals surface area contributed by atoms with E-state index in [4.69, 9.17) is 18.0 Å². The van der Waals surface area contributed by atoms with Gasteiger partial charge in [0.05, 0.1) is 4.75 Å². The SMILES string of the molecule is CC1(C(=O)Nc2cccc(C(N)=S)c2)CCCS1. The molecule has 1 aliphatic rings. The number of nitrogens with two attached hydrogens (primary N) is 1. The molecule has 0 bridgehead atoms. The number of hydrogen-bond acceptors (Lipinski definition) is 3. The van der Waals surface area contributed by atoms with Crippen molar-refractivity contribution in [1.82, 2.24) is 0 Å². The van der Waals surface area contributed by atoms with Gasteiger partial charge in [-0.3, -0.25) is 4.79 Å². The van der Waals surface area contributed by atoms with Crippen LogP contribution in [0.1, 0.15) is 25.3 Å². The van der Waals surface area contributed by atoms with E-state index in [-0.39, 0.29) is 10.7 Å². The molecule has 0 spiro atoms. The normalized spacial score (nSPS) is 22.7. The molecule has 1 aromatic carbocycles. The molecule has 1 fully saturated rings. The van der Waals surface area contributed by atoms with Crippen molar-refractivity contribution in [2.45, 2.75) is 24.5 Å². The van der Waals surface area contributed by atoms with E-state index >= 15 is 0 Å². The Kier molecular flexibility index (Phi) is 3.92. The number of hydrogen-bond donors (Lipinski definition) is 2. The highest BCUT2D eigenvalue weighted by molar-refractivity contribution is 8.01. The fourth-order valence-corrected chi connectivity index (χ4v) is 3.31. The summed E-state index contributed by atoms with van der Waals surface area (Å²) in [4.78, 5) is 12.6. The Morgan fingerprint density at radius 2 is 2.33 bits per heavy atom. The third-order valence-corrected chi connectivity index (χ3v) is 4.86. The highest BCUT2D eigenvalue weighted by atomic mass is 32.2. The fraction of sp³-hybridized carbons (Fsp3) is 0.385. The van der Waals surface area contributed by atoms with E-state index in [2.05, 4.69) is 5.32 Å². The van der Waals surface area contributed by atoms with E-state index in [9.17, 15) is 4.79 Å². The monoisotopic (exact) mass is 280 g/mol. The summed E-state index contributed by atoms with van der Waals surface area (Å²) in [6.45, 7) is 2.00. The third-order valence-electron chi connectivity index (χ3n) is 3.10. The zero-order valence-corrected chi connectivity index (χ0v) is 11.9. The first-order valence-electron chi connectivity index (χ1n) is 5.86. The predicted molar refractivity (Wildman–Crippen MR) is 81.1 cm³/mol. The number of carbonyl (C=O) groups excluding carboxylic acids is 1. The van der Waals surface area contributed by atoms with E-state index in [1.807, 2.05) is 31.2 Å². The topological polar surface area (TPSA) is 55.1 Å². The largest absolute Gasteiger partial charge is 0.389 e. The maximum Gasteiger partial charge on any atom is 0.240 e. The van der Waals surface area contributed by atoms with Gasteiger partial charge in [0.2, 0.25) is 5.91 Å². The standard InChI is InChI=1S/C13H16N2OS2/c1-13(6-3-7-18-13)12(16)15-10-5-2-4-9(8-10)11(14)17/h2,4-5,8H,3,6-7H2,1H3,(H2,14,17)(H,15,16). The first-order valence-corrected chi connectivity index (χ1v) is 7.26. The molecule has 3 N–H and O–H groups in total. The second-order valence-corrected chi connectivity index (χ2v) is 6.62. The van der Waals surface area contributed by atoms with Crippen LogP contribution in [0, 0.1) is 0 Å². The van der Waals surface area contributed by atoms with Crippen molar-refractivity contribution in [3.8, 4) is 0 Å². The van der Waals surface area contributed by atoms with Crippen LogP contribution in [-0.4, -0.2) is 21.4 Å². The molecule has 0 radical (unpaired) electrons. The van der Waals surface area contributed by atoms with Crippen molar-refractivity contribution < 1.29 is 4.79 Å². The minimum atomic E-state index is -0.306. The van der Waals surface area contributed by atoms with Crippen molar-refractivity contribution in [2.75, 3.05) is 11.1 Å². The lowest BCUT2D eigenvalue weighted by Crippen LogP contribution is -2.34. The zero-order chi connectivity index (χ0) is 13.2. The average molecular weight is 280 g/mol. The minimum Gasteiger partial charge on any atom is -0.389 e. The minimum absolute atomic E-state index is 0.0603. The van der Waals surface area contributed by atoms with Gasteiger partial charge in [0.15, 0.2) is 0 Å². The summed E-state index contributed by atoms with van der Waals surface area (Å²) in [5, 5.41) is 2.94. The highest BCUT2D eigenvalue weighted by Gasteiger charge is 2.37. The number of rotatable bonds is 3. The summed E-state index contributed by atoms with van der Waals surface area (Å²) in [5.74, 6) is 1.11. The van der Waals surface area contributed by atoms with E-state index in [0.29, 0.717) is 4.99 Å². The number of nitrogens with one attached hydrogen (secondary N) is 1. The number of thioether (sulfide) groups is 1. The molecule has 1 atom stereocenters. The van der Waals surface area contributed by atoms with Crippen LogP contribution >= 0.6 is 24.0 Å². The number of benzene rings is 1. The molecule has 1 amide bonds. The van der Waals surface area contributed by atoms with Crippen LogP contribution < -0.4 is 11.1 Å². The lowest BCUT2D eigenvalue weighted by Gasteiger charge is -2.21. The van der Waals surface area contributed by atoms with Gasteiger partial charge in [-0.05, 0) is 37.7 Å². The summed E-state index contributed by atoms with van der Waals surface area (Å²) in [7, 11) is 0. The van der Waals surface area contributed by atoms with Crippen LogP contribution in [0.25, 0.3) is 0 Å². The Morgan fingerprint density at radius 1 is 1.56 bits per heavy atom. The maximum atomic E-state index is 12.2. The highest BCUT2D eigenvalue weighted by Crippen LogP contribution is 2.38. The summed E-state index contributed by atoms with van der Waals surface area (Å²) < 4.78 is -0.306. The molecule has 3 nitrogen and oxygen atoms in total. The quantitative estimate of drug-likeness (QED) is 0.836. The summed E-state index contributed by atoms with van der Waals surface area (Å²) in [6, 6.07) is 7.34. The van der Waals surface area contributed by atoms with Crippen molar-refractivity contribution in [1.29, 1.82) is 0 Å². The number of carbonyl (C=O) groups is 1. The molecule has 18 heavy (non-hydrogen) atoms. The molecule has 0 saturated carbocycles. The zero-order valence-electron chi connectivity index (χ0n) is 10.2. The van der Waals surface area contributed by atoms with Crippen LogP contribution in [0.2, 0.25) is 0 Å². The van der Waals surface area contributed by atoms with Crippen LogP contribution in [0.3, 0.4) is 0 Å². The van der Waals surface area contributed by atoms with E-state index in [1.54, 1.807) is 11.8 Å². The van der Waals surface area contributed by atoms with Crippen molar-refractivity contribution >= 4 is 40.6 Å². The van der Waals surface area contributed by atoms with Crippen molar-refractivity contribution in [3.63, 3.8) is 0 Å². The molecule has 2 rings (SSSR count). The first kappa shape index (κ1) is 13.4. The number of amides is 1. The Bertz CT molecular complexity index is 482. The molecular formula is C13H16N2OS2. The average Bonchev–Trinajstić information content (AvgIpc) is 2.78. The van der Waals surface area contributed by atoms with Gasteiger partial charge >= 0.3 is 0 Å². The second kappa shape index (κ2) is 5.28. The molecule has 96 valence electrons. The van der Waals surface area contributed by atoms with Crippen LogP contribution in [-0.2, 0) is 4.79 Å². The Balaban J connectivity index is 2.11. The van der Waals surface area contributed by atoms with E-state index < -0.39 is 0 Å². The van der Waals surface area contributed by atoms with E-state index in [0.717, 1.165) is 29.8 Å². The van der Waals surface area contributed by atoms with Gasteiger partial charge in [0.1, 0.15) is 4.99 Å². The van der Waals surface area contributed by atoms with Gasteiger partial charge < -0.3 is 11.1 Å². The molecular weight excluding hydrogens is 264 g/mol. The van der Waals surface area contributed by atoms with Crippen LogP contribution in [0.4, 0.5) is 5.69 Å². The number of thiocarbonyl (C=S) groups is 1.